The summed E-state index contributed by atoms with van der Waals surface area (Å²) >= 11 is 5.91. The van der Waals surface area contributed by atoms with Crippen molar-refractivity contribution in [2.75, 3.05) is 5.32 Å². The van der Waals surface area contributed by atoms with Crippen molar-refractivity contribution in [3.8, 4) is 0 Å². The molecule has 1 aliphatic rings. The second-order valence-corrected chi connectivity index (χ2v) is 6.62. The van der Waals surface area contributed by atoms with E-state index in [9.17, 15) is 13.2 Å². The summed E-state index contributed by atoms with van der Waals surface area (Å²) in [6, 6.07) is 3.85. The normalized spacial score (nSPS) is 17.6. The summed E-state index contributed by atoms with van der Waals surface area (Å²) in [7, 11) is -3.85. The monoisotopic (exact) mass is 303 g/mol. The molecule has 1 saturated carbocycles. The molecule has 2 rings (SSSR count). The third kappa shape index (κ3) is 2.89. The maximum atomic E-state index is 12.0. The lowest BCUT2D eigenvalue weighted by atomic mass is 9.77. The number of carbonyl (C=O) groups is 1. The second-order valence-electron chi connectivity index (χ2n) is 4.65. The Kier molecular flexibility index (Phi) is 3.57. The molecule has 0 radical (unpaired) electrons. The molecule has 0 saturated heterocycles. The molecule has 0 spiro atoms. The average molecular weight is 304 g/mol. The van der Waals surface area contributed by atoms with Gasteiger partial charge in [-0.3, -0.25) is 4.79 Å². The van der Waals surface area contributed by atoms with Crippen molar-refractivity contribution in [2.24, 2.45) is 10.9 Å². The molecule has 19 heavy (non-hydrogen) atoms. The summed E-state index contributed by atoms with van der Waals surface area (Å²) in [6.45, 7) is 0. The van der Waals surface area contributed by atoms with Crippen LogP contribution in [0.2, 0.25) is 5.02 Å². The number of hydrogen-bond donors (Lipinski definition) is 3. The van der Waals surface area contributed by atoms with Gasteiger partial charge in [0, 0.05) is 0 Å². The maximum Gasteiger partial charge on any atom is 0.244 e. The van der Waals surface area contributed by atoms with E-state index in [2.05, 4.69) is 5.32 Å². The Bertz CT molecular complexity index is 626. The lowest BCUT2D eigenvalue weighted by Gasteiger charge is -2.36. The molecule has 1 aliphatic carbocycles. The van der Waals surface area contributed by atoms with Crippen LogP contribution in [0.25, 0.3) is 0 Å². The quantitative estimate of drug-likeness (QED) is 0.766. The van der Waals surface area contributed by atoms with Crippen LogP contribution in [0.3, 0.4) is 0 Å². The van der Waals surface area contributed by atoms with Gasteiger partial charge in [0.05, 0.1) is 21.1 Å². The number of amides is 1. The fraction of sp³-hybridized carbons (Fsp3) is 0.364. The van der Waals surface area contributed by atoms with Crippen LogP contribution in [0.15, 0.2) is 23.1 Å². The molecule has 0 bridgehead atoms. The maximum absolute atomic E-state index is 12.0. The number of halogens is 1. The molecule has 8 heteroatoms. The Balaban J connectivity index is 2.27. The van der Waals surface area contributed by atoms with Gasteiger partial charge >= 0.3 is 0 Å². The number of rotatable bonds is 3. The minimum absolute atomic E-state index is 0.119. The van der Waals surface area contributed by atoms with Gasteiger partial charge in [0.25, 0.3) is 0 Å². The Morgan fingerprint density at radius 3 is 2.47 bits per heavy atom. The van der Waals surface area contributed by atoms with E-state index in [4.69, 9.17) is 22.5 Å². The van der Waals surface area contributed by atoms with Crippen molar-refractivity contribution in [3.63, 3.8) is 0 Å². The van der Waals surface area contributed by atoms with Gasteiger partial charge in [-0.2, -0.15) is 0 Å². The number of sulfonamides is 1. The molecule has 0 atom stereocenters. The smallest absolute Gasteiger partial charge is 0.244 e. The number of benzene rings is 1. The zero-order valence-corrected chi connectivity index (χ0v) is 11.6. The van der Waals surface area contributed by atoms with E-state index in [0.717, 1.165) is 6.42 Å². The van der Waals surface area contributed by atoms with E-state index >= 15 is 0 Å². The first kappa shape index (κ1) is 14.3. The van der Waals surface area contributed by atoms with E-state index in [1.807, 2.05) is 0 Å². The Morgan fingerprint density at radius 1 is 1.37 bits per heavy atom. The third-order valence-corrected chi connectivity index (χ3v) is 4.45. The summed E-state index contributed by atoms with van der Waals surface area (Å²) in [4.78, 5) is 11.8. The highest BCUT2D eigenvalue weighted by Crippen LogP contribution is 2.32. The molecule has 1 amide bonds. The number of anilines is 1. The van der Waals surface area contributed by atoms with Gasteiger partial charge in [-0.15, -0.1) is 0 Å². The van der Waals surface area contributed by atoms with Crippen LogP contribution >= 0.6 is 11.6 Å². The fourth-order valence-electron chi connectivity index (χ4n) is 1.81. The van der Waals surface area contributed by atoms with Gasteiger partial charge in [-0.1, -0.05) is 11.6 Å². The molecular weight excluding hydrogens is 290 g/mol. The van der Waals surface area contributed by atoms with Gasteiger partial charge in [0.2, 0.25) is 15.9 Å². The van der Waals surface area contributed by atoms with Crippen molar-refractivity contribution in [1.29, 1.82) is 0 Å². The summed E-state index contributed by atoms with van der Waals surface area (Å²) in [5.74, 6) is -0.368. The largest absolute Gasteiger partial charge is 0.323 e. The highest BCUT2D eigenvalue weighted by molar-refractivity contribution is 7.89. The third-order valence-electron chi connectivity index (χ3n) is 3.21. The molecular formula is C11H14ClN3O3S. The van der Waals surface area contributed by atoms with Crippen molar-refractivity contribution in [2.45, 2.75) is 29.7 Å². The molecule has 0 heterocycles. The van der Waals surface area contributed by atoms with E-state index in [-0.39, 0.29) is 21.5 Å². The molecule has 0 aromatic heterocycles. The first-order valence-corrected chi connectivity index (χ1v) is 7.57. The molecule has 0 aliphatic heterocycles. The first-order valence-electron chi connectivity index (χ1n) is 5.65. The summed E-state index contributed by atoms with van der Waals surface area (Å²) in [5, 5.41) is 7.80. The Labute approximate surface area is 116 Å². The molecule has 6 nitrogen and oxygen atoms in total. The van der Waals surface area contributed by atoms with Gasteiger partial charge in [-0.05, 0) is 37.5 Å². The van der Waals surface area contributed by atoms with Crippen LogP contribution in [-0.2, 0) is 14.8 Å². The number of carbonyl (C=O) groups excluding carboxylic acids is 1. The minimum atomic E-state index is -3.85. The molecule has 1 aromatic rings. The number of hydrogen-bond acceptors (Lipinski definition) is 4. The summed E-state index contributed by atoms with van der Waals surface area (Å²) < 4.78 is 22.5. The standard InChI is InChI=1S/C11H14ClN3O3S/c12-8-3-2-7(19(14,17)18)6-9(8)15-10(16)11(13)4-1-5-11/h2-3,6H,1,4-5,13H2,(H,15,16)(H2,14,17,18). The van der Waals surface area contributed by atoms with E-state index in [0.29, 0.717) is 12.8 Å². The molecule has 1 fully saturated rings. The van der Waals surface area contributed by atoms with Gasteiger partial charge in [-0.25, -0.2) is 13.6 Å². The topological polar surface area (TPSA) is 115 Å². The fourth-order valence-corrected chi connectivity index (χ4v) is 2.51. The molecule has 5 N–H and O–H groups in total. The van der Waals surface area contributed by atoms with Crippen LogP contribution < -0.4 is 16.2 Å². The van der Waals surface area contributed by atoms with Crippen molar-refractivity contribution >= 4 is 33.2 Å². The van der Waals surface area contributed by atoms with E-state index in [1.54, 1.807) is 0 Å². The van der Waals surface area contributed by atoms with Crippen LogP contribution in [-0.4, -0.2) is 19.9 Å². The van der Waals surface area contributed by atoms with Gasteiger partial charge < -0.3 is 11.1 Å². The predicted octanol–water partition coefficient (Wildman–Crippen LogP) is 0.807. The van der Waals surface area contributed by atoms with Crippen LogP contribution in [0.5, 0.6) is 0 Å². The number of primary sulfonamides is 1. The van der Waals surface area contributed by atoms with Crippen LogP contribution in [0.1, 0.15) is 19.3 Å². The van der Waals surface area contributed by atoms with Crippen molar-refractivity contribution in [3.05, 3.63) is 23.2 Å². The first-order chi connectivity index (χ1) is 8.72. The lowest BCUT2D eigenvalue weighted by molar-refractivity contribution is -0.123. The summed E-state index contributed by atoms with van der Waals surface area (Å²) in [5.41, 5.74) is 5.17. The Hall–Kier alpha value is -1.15. The molecule has 0 unspecified atom stereocenters. The predicted molar refractivity (Wildman–Crippen MR) is 72.2 cm³/mol. The average Bonchev–Trinajstić information content (AvgIpc) is 2.27. The van der Waals surface area contributed by atoms with Crippen LogP contribution in [0.4, 0.5) is 5.69 Å². The van der Waals surface area contributed by atoms with Crippen molar-refractivity contribution < 1.29 is 13.2 Å². The second kappa shape index (κ2) is 4.75. The highest BCUT2D eigenvalue weighted by atomic mass is 35.5. The van der Waals surface area contributed by atoms with Crippen LogP contribution in [0, 0.1) is 0 Å². The SMILES string of the molecule is NC1(C(=O)Nc2cc(S(N)(=O)=O)ccc2Cl)CCC1. The van der Waals surface area contributed by atoms with E-state index < -0.39 is 15.6 Å². The van der Waals surface area contributed by atoms with Gasteiger partial charge in [0.1, 0.15) is 0 Å². The van der Waals surface area contributed by atoms with E-state index in [1.165, 1.54) is 18.2 Å². The number of nitrogens with one attached hydrogen (secondary N) is 1. The summed E-state index contributed by atoms with van der Waals surface area (Å²) in [6.07, 6.45) is 2.10. The lowest BCUT2D eigenvalue weighted by Crippen LogP contribution is -2.56. The van der Waals surface area contributed by atoms with Crippen molar-refractivity contribution in [1.82, 2.24) is 0 Å². The molecule has 104 valence electrons. The highest BCUT2D eigenvalue weighted by Gasteiger charge is 2.40. The zero-order chi connectivity index (χ0) is 14.3. The molecule has 1 aromatic carbocycles. The zero-order valence-electron chi connectivity index (χ0n) is 10.0. The minimum Gasteiger partial charge on any atom is -0.323 e. The Morgan fingerprint density at radius 2 is 2.00 bits per heavy atom. The van der Waals surface area contributed by atoms with Gasteiger partial charge in [0.15, 0.2) is 0 Å². The number of nitrogens with two attached hydrogens (primary N) is 2.